The summed E-state index contributed by atoms with van der Waals surface area (Å²) in [7, 11) is 0. The van der Waals surface area contributed by atoms with E-state index in [1.54, 1.807) is 38.2 Å². The third-order valence-corrected chi connectivity index (χ3v) is 3.46. The van der Waals surface area contributed by atoms with Crippen LogP contribution in [0.5, 0.6) is 0 Å². The van der Waals surface area contributed by atoms with Gasteiger partial charge < -0.3 is 4.42 Å². The van der Waals surface area contributed by atoms with E-state index in [1.165, 1.54) is 4.68 Å². The lowest BCUT2D eigenvalue weighted by atomic mass is 10.2. The van der Waals surface area contributed by atoms with Gasteiger partial charge >= 0.3 is 6.18 Å². The largest absolute Gasteiger partial charge is 0.435 e. The molecule has 0 spiro atoms. The van der Waals surface area contributed by atoms with Crippen LogP contribution in [0.4, 0.5) is 13.2 Å². The van der Waals surface area contributed by atoms with Crippen molar-refractivity contribution < 1.29 is 17.6 Å². The molecule has 0 N–H and O–H groups in total. The maximum Gasteiger partial charge on any atom is 0.435 e. The van der Waals surface area contributed by atoms with Crippen LogP contribution in [-0.4, -0.2) is 25.0 Å². The summed E-state index contributed by atoms with van der Waals surface area (Å²) in [6, 6.07) is 6.30. The Morgan fingerprint density at radius 3 is 2.67 bits per heavy atom. The SMILES string of the molecule is Cc1cc(C(F)(F)F)nn1CC(C)c1nnc(-c2ccccn2)o1. The highest BCUT2D eigenvalue weighted by atomic mass is 19.4. The molecule has 0 aliphatic heterocycles. The van der Waals surface area contributed by atoms with Crippen LogP contribution in [0.1, 0.15) is 30.1 Å². The minimum absolute atomic E-state index is 0.200. The molecule has 0 aliphatic rings. The van der Waals surface area contributed by atoms with Crippen molar-refractivity contribution in [1.82, 2.24) is 25.0 Å². The summed E-state index contributed by atoms with van der Waals surface area (Å²) in [5.41, 5.74) is 0.0450. The van der Waals surface area contributed by atoms with Crippen molar-refractivity contribution in [3.63, 3.8) is 0 Å². The summed E-state index contributed by atoms with van der Waals surface area (Å²) >= 11 is 0. The molecule has 1 unspecified atom stereocenters. The first-order valence-electron chi connectivity index (χ1n) is 7.21. The molecule has 3 aromatic rings. The molecular formula is C15H14F3N5O. The highest BCUT2D eigenvalue weighted by molar-refractivity contribution is 5.44. The molecule has 3 aromatic heterocycles. The van der Waals surface area contributed by atoms with Gasteiger partial charge in [0.25, 0.3) is 5.89 Å². The van der Waals surface area contributed by atoms with Crippen molar-refractivity contribution in [3.8, 4) is 11.6 Å². The Labute approximate surface area is 135 Å². The number of aryl methyl sites for hydroxylation is 1. The lowest BCUT2D eigenvalue weighted by molar-refractivity contribution is -0.141. The van der Waals surface area contributed by atoms with E-state index in [-0.39, 0.29) is 18.4 Å². The molecule has 0 saturated carbocycles. The number of alkyl halides is 3. The van der Waals surface area contributed by atoms with Crippen LogP contribution in [0, 0.1) is 6.92 Å². The minimum atomic E-state index is -4.46. The van der Waals surface area contributed by atoms with Crippen LogP contribution in [0.25, 0.3) is 11.6 Å². The molecule has 6 nitrogen and oxygen atoms in total. The molecule has 1 atom stereocenters. The van der Waals surface area contributed by atoms with Crippen LogP contribution < -0.4 is 0 Å². The summed E-state index contributed by atoms with van der Waals surface area (Å²) < 4.78 is 45.0. The summed E-state index contributed by atoms with van der Waals surface area (Å²) in [5.74, 6) is 0.291. The average molecular weight is 337 g/mol. The van der Waals surface area contributed by atoms with Gasteiger partial charge in [0.2, 0.25) is 5.89 Å². The van der Waals surface area contributed by atoms with Gasteiger partial charge in [-0.1, -0.05) is 13.0 Å². The second kappa shape index (κ2) is 6.06. The summed E-state index contributed by atoms with van der Waals surface area (Å²) in [4.78, 5) is 4.11. The number of hydrogen-bond donors (Lipinski definition) is 0. The Morgan fingerprint density at radius 1 is 1.25 bits per heavy atom. The van der Waals surface area contributed by atoms with E-state index >= 15 is 0 Å². The number of nitrogens with zero attached hydrogens (tertiary/aromatic N) is 5. The molecule has 0 fully saturated rings. The van der Waals surface area contributed by atoms with Gasteiger partial charge in [0.05, 0.1) is 12.5 Å². The molecule has 126 valence electrons. The maximum absolute atomic E-state index is 12.7. The quantitative estimate of drug-likeness (QED) is 0.729. The van der Waals surface area contributed by atoms with Crippen molar-refractivity contribution in [1.29, 1.82) is 0 Å². The monoisotopic (exact) mass is 337 g/mol. The normalized spacial score (nSPS) is 13.2. The van der Waals surface area contributed by atoms with Crippen molar-refractivity contribution in [3.05, 3.63) is 47.7 Å². The Bertz CT molecular complexity index is 825. The molecule has 0 aliphatic carbocycles. The molecule has 24 heavy (non-hydrogen) atoms. The van der Waals surface area contributed by atoms with E-state index in [9.17, 15) is 13.2 Å². The fourth-order valence-electron chi connectivity index (χ4n) is 2.20. The number of rotatable bonds is 4. The first-order valence-corrected chi connectivity index (χ1v) is 7.21. The van der Waals surface area contributed by atoms with Gasteiger partial charge in [-0.25, -0.2) is 0 Å². The summed E-state index contributed by atoms with van der Waals surface area (Å²) in [6.45, 7) is 3.55. The molecule has 3 heterocycles. The summed E-state index contributed by atoms with van der Waals surface area (Å²) in [5, 5.41) is 11.5. The lowest BCUT2D eigenvalue weighted by Gasteiger charge is -2.09. The molecule has 0 radical (unpaired) electrons. The standard InChI is InChI=1S/C15H14F3N5O/c1-9(8-23-10(2)7-12(22-23)15(16,17)18)13-20-21-14(24-13)11-5-3-4-6-19-11/h3-7,9H,8H2,1-2H3. The van der Waals surface area contributed by atoms with Gasteiger partial charge in [0.1, 0.15) is 5.69 Å². The fraction of sp³-hybridized carbons (Fsp3) is 0.333. The number of aromatic nitrogens is 5. The number of halogens is 3. The summed E-state index contributed by atoms with van der Waals surface area (Å²) in [6.07, 6.45) is -2.86. The third kappa shape index (κ3) is 3.29. The predicted molar refractivity (Wildman–Crippen MR) is 77.9 cm³/mol. The van der Waals surface area contributed by atoms with Gasteiger partial charge in [0, 0.05) is 11.9 Å². The Kier molecular flexibility index (Phi) is 4.08. The Morgan fingerprint density at radius 2 is 2.04 bits per heavy atom. The Balaban J connectivity index is 1.78. The highest BCUT2D eigenvalue weighted by Crippen LogP contribution is 2.29. The first kappa shape index (κ1) is 16.2. The second-order valence-corrected chi connectivity index (χ2v) is 5.41. The predicted octanol–water partition coefficient (Wildman–Crippen LogP) is 3.46. The lowest BCUT2D eigenvalue weighted by Crippen LogP contribution is -2.12. The van der Waals surface area contributed by atoms with E-state index in [4.69, 9.17) is 4.42 Å². The van der Waals surface area contributed by atoms with Crippen LogP contribution in [0.3, 0.4) is 0 Å². The van der Waals surface area contributed by atoms with Gasteiger partial charge in [-0.15, -0.1) is 10.2 Å². The molecule has 0 aromatic carbocycles. The zero-order chi connectivity index (χ0) is 17.3. The number of hydrogen-bond acceptors (Lipinski definition) is 5. The molecule has 0 amide bonds. The van der Waals surface area contributed by atoms with Gasteiger partial charge in [-0.05, 0) is 25.1 Å². The topological polar surface area (TPSA) is 69.6 Å². The molecular weight excluding hydrogens is 323 g/mol. The zero-order valence-corrected chi connectivity index (χ0v) is 12.9. The van der Waals surface area contributed by atoms with Crippen molar-refractivity contribution in [2.24, 2.45) is 0 Å². The molecule has 0 bridgehead atoms. The van der Waals surface area contributed by atoms with E-state index in [2.05, 4.69) is 20.3 Å². The second-order valence-electron chi connectivity index (χ2n) is 5.41. The average Bonchev–Trinajstić information content (AvgIpc) is 3.15. The van der Waals surface area contributed by atoms with Gasteiger partial charge in [-0.3, -0.25) is 9.67 Å². The van der Waals surface area contributed by atoms with Crippen LogP contribution >= 0.6 is 0 Å². The Hall–Kier alpha value is -2.71. The fourth-order valence-corrected chi connectivity index (χ4v) is 2.20. The smallest absolute Gasteiger partial charge is 0.419 e. The van der Waals surface area contributed by atoms with E-state index in [0.717, 1.165) is 6.07 Å². The van der Waals surface area contributed by atoms with E-state index < -0.39 is 11.9 Å². The van der Waals surface area contributed by atoms with Crippen molar-refractivity contribution in [2.75, 3.05) is 0 Å². The van der Waals surface area contributed by atoms with Crippen molar-refractivity contribution in [2.45, 2.75) is 32.5 Å². The number of pyridine rings is 1. The molecule has 0 saturated heterocycles. The molecule has 3 rings (SSSR count). The van der Waals surface area contributed by atoms with E-state index in [0.29, 0.717) is 17.3 Å². The maximum atomic E-state index is 12.7. The van der Waals surface area contributed by atoms with E-state index in [1.807, 2.05) is 0 Å². The van der Waals surface area contributed by atoms with Crippen LogP contribution in [-0.2, 0) is 12.7 Å². The van der Waals surface area contributed by atoms with Gasteiger partial charge in [-0.2, -0.15) is 18.3 Å². The van der Waals surface area contributed by atoms with Crippen LogP contribution in [0.15, 0.2) is 34.9 Å². The van der Waals surface area contributed by atoms with Gasteiger partial charge in [0.15, 0.2) is 5.69 Å². The zero-order valence-electron chi connectivity index (χ0n) is 12.9. The third-order valence-electron chi connectivity index (χ3n) is 3.46. The molecule has 9 heteroatoms. The minimum Gasteiger partial charge on any atom is -0.419 e. The van der Waals surface area contributed by atoms with Crippen molar-refractivity contribution >= 4 is 0 Å². The highest BCUT2D eigenvalue weighted by Gasteiger charge is 2.34. The van der Waals surface area contributed by atoms with Crippen LogP contribution in [0.2, 0.25) is 0 Å². The first-order chi connectivity index (χ1) is 11.3.